The largest absolute Gasteiger partial charge is 0.392 e. The highest BCUT2D eigenvalue weighted by Gasteiger charge is 2.16. The highest BCUT2D eigenvalue weighted by Crippen LogP contribution is 2.21. The van der Waals surface area contributed by atoms with Gasteiger partial charge in [-0.15, -0.1) is 0 Å². The van der Waals surface area contributed by atoms with Crippen LogP contribution in [0.1, 0.15) is 58.5 Å². The molecule has 1 aromatic heterocycles. The van der Waals surface area contributed by atoms with Crippen LogP contribution in [-0.4, -0.2) is 10.1 Å². The minimum absolute atomic E-state index is 0.00779. The second-order valence-electron chi connectivity index (χ2n) is 6.61. The van der Waals surface area contributed by atoms with Crippen molar-refractivity contribution in [2.24, 2.45) is 5.41 Å². The van der Waals surface area contributed by atoms with Crippen LogP contribution in [0.15, 0.2) is 12.1 Å². The summed E-state index contributed by atoms with van der Waals surface area (Å²) in [5.41, 5.74) is 2.41. The van der Waals surface area contributed by atoms with Gasteiger partial charge in [0.15, 0.2) is 0 Å². The van der Waals surface area contributed by atoms with Crippen molar-refractivity contribution in [2.45, 2.75) is 53.6 Å². The quantitative estimate of drug-likeness (QED) is 0.770. The molecule has 1 N–H and O–H groups in total. The minimum Gasteiger partial charge on any atom is -0.392 e. The monoisotopic (exact) mass is 245 g/mol. The van der Waals surface area contributed by atoms with E-state index >= 15 is 0 Å². The van der Waals surface area contributed by atoms with E-state index in [2.05, 4.69) is 58.4 Å². The Bertz CT molecular complexity index is 479. The third-order valence-electron chi connectivity index (χ3n) is 2.47. The molecule has 0 spiro atoms. The summed E-state index contributed by atoms with van der Waals surface area (Å²) in [5, 5.41) is 9.33. The zero-order chi connectivity index (χ0) is 14.0. The molecule has 0 saturated carbocycles. The maximum absolute atomic E-state index is 9.33. The van der Waals surface area contributed by atoms with Crippen molar-refractivity contribution in [2.75, 3.05) is 0 Å². The second-order valence-corrected chi connectivity index (χ2v) is 6.61. The van der Waals surface area contributed by atoms with Crippen molar-refractivity contribution in [3.05, 3.63) is 29.1 Å². The predicted octanol–water partition coefficient (Wildman–Crippen LogP) is 3.27. The fourth-order valence-electron chi connectivity index (χ4n) is 1.39. The molecule has 0 amide bonds. The summed E-state index contributed by atoms with van der Waals surface area (Å²) in [6, 6.07) is 3.88. The van der Waals surface area contributed by atoms with E-state index in [9.17, 15) is 5.11 Å². The van der Waals surface area contributed by atoms with Crippen LogP contribution in [0.3, 0.4) is 0 Å². The number of rotatable bonds is 1. The number of hydrogen-bond acceptors (Lipinski definition) is 2. The Kier molecular flexibility index (Phi) is 4.19. The van der Waals surface area contributed by atoms with E-state index in [0.29, 0.717) is 5.69 Å². The molecule has 0 aliphatic heterocycles. The molecule has 0 aliphatic rings. The lowest BCUT2D eigenvalue weighted by atomic mass is 9.91. The van der Waals surface area contributed by atoms with Crippen molar-refractivity contribution in [1.82, 2.24) is 4.98 Å². The summed E-state index contributed by atoms with van der Waals surface area (Å²) in [6.45, 7) is 12.5. The second kappa shape index (κ2) is 5.12. The van der Waals surface area contributed by atoms with Crippen LogP contribution in [0, 0.1) is 17.3 Å². The van der Waals surface area contributed by atoms with E-state index in [-0.39, 0.29) is 17.4 Å². The van der Waals surface area contributed by atoms with E-state index < -0.39 is 0 Å². The SMILES string of the molecule is CC(C)(C)C#Cc1nc(C(C)(C)C)ccc1CO. The average Bonchev–Trinajstić information content (AvgIpc) is 2.23. The lowest BCUT2D eigenvalue weighted by molar-refractivity contribution is 0.281. The molecule has 0 radical (unpaired) electrons. The minimum atomic E-state index is -0.0634. The number of nitrogens with zero attached hydrogens (tertiary/aromatic N) is 1. The van der Waals surface area contributed by atoms with Gasteiger partial charge >= 0.3 is 0 Å². The molecule has 1 heterocycles. The fourth-order valence-corrected chi connectivity index (χ4v) is 1.39. The normalized spacial score (nSPS) is 11.9. The number of aliphatic hydroxyl groups excluding tert-OH is 1. The first-order valence-electron chi connectivity index (χ1n) is 6.28. The molecule has 0 fully saturated rings. The van der Waals surface area contributed by atoms with Gasteiger partial charge in [0.2, 0.25) is 0 Å². The van der Waals surface area contributed by atoms with Gasteiger partial charge in [-0.3, -0.25) is 0 Å². The fraction of sp³-hybridized carbons (Fsp3) is 0.562. The number of hydrogen-bond donors (Lipinski definition) is 1. The summed E-state index contributed by atoms with van der Waals surface area (Å²) in [4.78, 5) is 4.58. The molecule has 98 valence electrons. The standard InChI is InChI=1S/C16H23NO/c1-15(2,3)10-9-13-12(11-18)7-8-14(17-13)16(4,5)6/h7-8,18H,11H2,1-6H3. The van der Waals surface area contributed by atoms with Crippen LogP contribution >= 0.6 is 0 Å². The van der Waals surface area contributed by atoms with Crippen LogP contribution in [0.25, 0.3) is 0 Å². The molecule has 0 saturated heterocycles. The van der Waals surface area contributed by atoms with E-state index in [1.54, 1.807) is 0 Å². The molecule has 0 atom stereocenters. The first-order valence-corrected chi connectivity index (χ1v) is 6.28. The Hall–Kier alpha value is -1.33. The summed E-state index contributed by atoms with van der Waals surface area (Å²) >= 11 is 0. The molecular weight excluding hydrogens is 222 g/mol. The molecule has 1 rings (SSSR count). The number of aromatic nitrogens is 1. The molecule has 18 heavy (non-hydrogen) atoms. The van der Waals surface area contributed by atoms with Gasteiger partial charge in [-0.1, -0.05) is 32.8 Å². The summed E-state index contributed by atoms with van der Waals surface area (Å²) in [5.74, 6) is 6.26. The van der Waals surface area contributed by atoms with Crippen LogP contribution in [0.4, 0.5) is 0 Å². The van der Waals surface area contributed by atoms with Crippen LogP contribution in [-0.2, 0) is 12.0 Å². The molecular formula is C16H23NO. The molecule has 1 aromatic rings. The molecule has 0 bridgehead atoms. The Balaban J connectivity index is 3.26. The highest BCUT2D eigenvalue weighted by atomic mass is 16.3. The van der Waals surface area contributed by atoms with E-state index in [0.717, 1.165) is 11.3 Å². The van der Waals surface area contributed by atoms with Gasteiger partial charge in [0.05, 0.1) is 6.61 Å². The Morgan fingerprint density at radius 2 is 1.72 bits per heavy atom. The van der Waals surface area contributed by atoms with Crippen molar-refractivity contribution in [3.8, 4) is 11.8 Å². The van der Waals surface area contributed by atoms with Gasteiger partial charge in [0.1, 0.15) is 5.69 Å². The maximum atomic E-state index is 9.33. The van der Waals surface area contributed by atoms with Crippen LogP contribution < -0.4 is 0 Å². The zero-order valence-electron chi connectivity index (χ0n) is 12.3. The average molecular weight is 245 g/mol. The Labute approximate surface area is 110 Å². The first-order chi connectivity index (χ1) is 8.13. The summed E-state index contributed by atoms with van der Waals surface area (Å²) < 4.78 is 0. The lowest BCUT2D eigenvalue weighted by Crippen LogP contribution is -2.15. The van der Waals surface area contributed by atoms with Gasteiger partial charge < -0.3 is 5.11 Å². The van der Waals surface area contributed by atoms with Crippen molar-refractivity contribution in [3.63, 3.8) is 0 Å². The summed E-state index contributed by atoms with van der Waals surface area (Å²) in [6.07, 6.45) is 0. The Morgan fingerprint density at radius 3 is 2.17 bits per heavy atom. The Morgan fingerprint density at radius 1 is 1.11 bits per heavy atom. The van der Waals surface area contributed by atoms with Crippen LogP contribution in [0.2, 0.25) is 0 Å². The van der Waals surface area contributed by atoms with E-state index in [1.165, 1.54) is 0 Å². The third-order valence-corrected chi connectivity index (χ3v) is 2.47. The molecule has 2 heteroatoms. The van der Waals surface area contributed by atoms with Gasteiger partial charge in [0, 0.05) is 22.1 Å². The van der Waals surface area contributed by atoms with Gasteiger partial charge in [-0.05, 0) is 32.8 Å². The van der Waals surface area contributed by atoms with Crippen molar-refractivity contribution in [1.29, 1.82) is 0 Å². The van der Waals surface area contributed by atoms with E-state index in [1.807, 2.05) is 12.1 Å². The highest BCUT2D eigenvalue weighted by molar-refractivity contribution is 5.38. The topological polar surface area (TPSA) is 33.1 Å². The predicted molar refractivity (Wildman–Crippen MR) is 75.2 cm³/mol. The maximum Gasteiger partial charge on any atom is 0.118 e. The van der Waals surface area contributed by atoms with Crippen LogP contribution in [0.5, 0.6) is 0 Å². The lowest BCUT2D eigenvalue weighted by Gasteiger charge is -2.18. The van der Waals surface area contributed by atoms with Crippen molar-refractivity contribution < 1.29 is 5.11 Å². The first kappa shape index (κ1) is 14.7. The van der Waals surface area contributed by atoms with E-state index in [4.69, 9.17) is 0 Å². The molecule has 0 unspecified atom stereocenters. The molecule has 2 nitrogen and oxygen atoms in total. The van der Waals surface area contributed by atoms with Gasteiger partial charge in [-0.2, -0.15) is 0 Å². The summed E-state index contributed by atoms with van der Waals surface area (Å²) in [7, 11) is 0. The third kappa shape index (κ3) is 4.16. The van der Waals surface area contributed by atoms with Crippen molar-refractivity contribution >= 4 is 0 Å². The number of aliphatic hydroxyl groups is 1. The number of pyridine rings is 1. The smallest absolute Gasteiger partial charge is 0.118 e. The van der Waals surface area contributed by atoms with Gasteiger partial charge in [0.25, 0.3) is 0 Å². The molecule has 0 aromatic carbocycles. The zero-order valence-corrected chi connectivity index (χ0v) is 12.3. The van der Waals surface area contributed by atoms with Gasteiger partial charge in [-0.25, -0.2) is 4.98 Å². The molecule has 0 aliphatic carbocycles.